The first-order valence-corrected chi connectivity index (χ1v) is 9.09. The van der Waals surface area contributed by atoms with Crippen LogP contribution in [0.2, 0.25) is 0 Å². The predicted octanol–water partition coefficient (Wildman–Crippen LogP) is 2.56. The number of halogens is 1. The number of carbonyl (C=O) groups is 2. The average molecular weight is 405 g/mol. The minimum absolute atomic E-state index is 0.126. The maximum Gasteiger partial charge on any atom is 0.245 e. The van der Waals surface area contributed by atoms with Crippen LogP contribution in [0, 0.1) is 0 Å². The van der Waals surface area contributed by atoms with Gasteiger partial charge in [-0.25, -0.2) is 0 Å². The summed E-state index contributed by atoms with van der Waals surface area (Å²) in [5, 5.41) is 7.84. The Bertz CT molecular complexity index is 802. The van der Waals surface area contributed by atoms with Crippen LogP contribution in [0.15, 0.2) is 40.9 Å². The molecule has 0 saturated heterocycles. The summed E-state index contributed by atoms with van der Waals surface area (Å²) in [4.78, 5) is 24.8. The SMILES string of the molecule is COCCNC(=O)C1(NC(=O)Cc2ccc(Br)c3ccccc23)CC1. The number of nitrogens with one attached hydrogen (secondary N) is 2. The molecule has 5 nitrogen and oxygen atoms in total. The van der Waals surface area contributed by atoms with E-state index in [9.17, 15) is 9.59 Å². The van der Waals surface area contributed by atoms with E-state index >= 15 is 0 Å². The summed E-state index contributed by atoms with van der Waals surface area (Å²) in [6.07, 6.45) is 1.61. The Labute approximate surface area is 155 Å². The molecule has 1 fully saturated rings. The molecule has 132 valence electrons. The van der Waals surface area contributed by atoms with E-state index in [0.717, 1.165) is 20.8 Å². The quantitative estimate of drug-likeness (QED) is 0.696. The Morgan fingerprint density at radius 1 is 1.16 bits per heavy atom. The molecular formula is C19H21BrN2O3. The van der Waals surface area contributed by atoms with Crippen molar-refractivity contribution in [1.29, 1.82) is 0 Å². The van der Waals surface area contributed by atoms with Crippen LogP contribution >= 0.6 is 15.9 Å². The van der Waals surface area contributed by atoms with Crippen LogP contribution in [0.5, 0.6) is 0 Å². The lowest BCUT2D eigenvalue weighted by atomic mass is 10.0. The summed E-state index contributed by atoms with van der Waals surface area (Å²) in [6, 6.07) is 11.9. The molecule has 6 heteroatoms. The zero-order valence-corrected chi connectivity index (χ0v) is 15.7. The molecule has 1 aliphatic carbocycles. The van der Waals surface area contributed by atoms with Crippen LogP contribution in [0.25, 0.3) is 10.8 Å². The molecule has 1 aliphatic rings. The zero-order chi connectivity index (χ0) is 17.9. The summed E-state index contributed by atoms with van der Waals surface area (Å²) in [5.74, 6) is -0.259. The summed E-state index contributed by atoms with van der Waals surface area (Å²) in [6.45, 7) is 0.908. The van der Waals surface area contributed by atoms with Crippen LogP contribution in [0.4, 0.5) is 0 Å². The molecule has 0 unspecified atom stereocenters. The fourth-order valence-electron chi connectivity index (χ4n) is 2.93. The highest BCUT2D eigenvalue weighted by Gasteiger charge is 2.50. The smallest absolute Gasteiger partial charge is 0.245 e. The third-order valence-electron chi connectivity index (χ3n) is 4.47. The predicted molar refractivity (Wildman–Crippen MR) is 100 cm³/mol. The minimum atomic E-state index is -0.740. The van der Waals surface area contributed by atoms with Gasteiger partial charge >= 0.3 is 0 Å². The lowest BCUT2D eigenvalue weighted by Crippen LogP contribution is -2.50. The molecular weight excluding hydrogens is 384 g/mol. The zero-order valence-electron chi connectivity index (χ0n) is 14.1. The van der Waals surface area contributed by atoms with Crippen LogP contribution in [0.3, 0.4) is 0 Å². The summed E-state index contributed by atoms with van der Waals surface area (Å²) in [7, 11) is 1.59. The van der Waals surface area contributed by atoms with Crippen LogP contribution in [0.1, 0.15) is 18.4 Å². The first-order valence-electron chi connectivity index (χ1n) is 8.30. The van der Waals surface area contributed by atoms with Crippen molar-refractivity contribution in [2.24, 2.45) is 0 Å². The third-order valence-corrected chi connectivity index (χ3v) is 5.16. The fourth-order valence-corrected chi connectivity index (χ4v) is 3.41. The highest BCUT2D eigenvalue weighted by molar-refractivity contribution is 9.10. The third kappa shape index (κ3) is 4.02. The number of ether oxygens (including phenoxy) is 1. The summed E-state index contributed by atoms with van der Waals surface area (Å²) in [5.41, 5.74) is 0.211. The van der Waals surface area contributed by atoms with Gasteiger partial charge in [0, 0.05) is 18.1 Å². The second-order valence-electron chi connectivity index (χ2n) is 6.31. The first-order chi connectivity index (χ1) is 12.1. The number of carbonyl (C=O) groups excluding carboxylic acids is 2. The molecule has 0 radical (unpaired) electrons. The molecule has 0 heterocycles. The average Bonchev–Trinajstić information content (AvgIpc) is 3.38. The lowest BCUT2D eigenvalue weighted by Gasteiger charge is -2.17. The van der Waals surface area contributed by atoms with E-state index in [-0.39, 0.29) is 18.2 Å². The Hall–Kier alpha value is -1.92. The molecule has 0 spiro atoms. The Morgan fingerprint density at radius 2 is 1.88 bits per heavy atom. The van der Waals surface area contributed by atoms with Gasteiger partial charge in [-0.3, -0.25) is 9.59 Å². The minimum Gasteiger partial charge on any atom is -0.383 e. The monoisotopic (exact) mass is 404 g/mol. The van der Waals surface area contributed by atoms with Gasteiger partial charge in [0.1, 0.15) is 5.54 Å². The molecule has 1 saturated carbocycles. The van der Waals surface area contributed by atoms with Gasteiger partial charge in [-0.2, -0.15) is 0 Å². The van der Waals surface area contributed by atoms with Gasteiger partial charge in [0.2, 0.25) is 11.8 Å². The molecule has 0 aromatic heterocycles. The second kappa shape index (κ2) is 7.54. The number of rotatable bonds is 7. The second-order valence-corrected chi connectivity index (χ2v) is 7.16. The fraction of sp³-hybridized carbons (Fsp3) is 0.368. The summed E-state index contributed by atoms with van der Waals surface area (Å²) < 4.78 is 5.93. The topological polar surface area (TPSA) is 67.4 Å². The van der Waals surface area contributed by atoms with Crippen LogP contribution in [-0.4, -0.2) is 37.6 Å². The van der Waals surface area contributed by atoms with Crippen LogP contribution in [-0.2, 0) is 20.7 Å². The van der Waals surface area contributed by atoms with Crippen molar-refractivity contribution in [3.8, 4) is 0 Å². The highest BCUT2D eigenvalue weighted by Crippen LogP contribution is 2.36. The Balaban J connectivity index is 1.67. The number of amides is 2. The Kier molecular flexibility index (Phi) is 5.39. The van der Waals surface area contributed by atoms with Gasteiger partial charge in [-0.05, 0) is 35.2 Å². The molecule has 2 aromatic rings. The van der Waals surface area contributed by atoms with Gasteiger partial charge in [0.25, 0.3) is 0 Å². The highest BCUT2D eigenvalue weighted by atomic mass is 79.9. The molecule has 25 heavy (non-hydrogen) atoms. The van der Waals surface area contributed by atoms with E-state index in [2.05, 4.69) is 26.6 Å². The van der Waals surface area contributed by atoms with E-state index in [1.165, 1.54) is 0 Å². The lowest BCUT2D eigenvalue weighted by molar-refractivity contribution is -0.129. The van der Waals surface area contributed by atoms with Crippen molar-refractivity contribution >= 4 is 38.5 Å². The standard InChI is InChI=1S/C19H21BrN2O3/c1-25-11-10-21-18(24)19(8-9-19)22-17(23)12-13-6-7-16(20)15-5-3-2-4-14(13)15/h2-7H,8-12H2,1H3,(H,21,24)(H,22,23). The van der Waals surface area contributed by atoms with Gasteiger partial charge in [0.05, 0.1) is 13.0 Å². The molecule has 0 bridgehead atoms. The van der Waals surface area contributed by atoms with E-state index in [1.807, 2.05) is 36.4 Å². The van der Waals surface area contributed by atoms with E-state index < -0.39 is 5.54 Å². The van der Waals surface area contributed by atoms with Crippen LogP contribution < -0.4 is 10.6 Å². The van der Waals surface area contributed by atoms with Gasteiger partial charge in [-0.15, -0.1) is 0 Å². The van der Waals surface area contributed by atoms with E-state index in [4.69, 9.17) is 4.74 Å². The van der Waals surface area contributed by atoms with E-state index in [1.54, 1.807) is 7.11 Å². The molecule has 2 amide bonds. The van der Waals surface area contributed by atoms with Crippen molar-refractivity contribution < 1.29 is 14.3 Å². The van der Waals surface area contributed by atoms with Crippen molar-refractivity contribution in [3.63, 3.8) is 0 Å². The van der Waals surface area contributed by atoms with Crippen molar-refractivity contribution in [1.82, 2.24) is 10.6 Å². The van der Waals surface area contributed by atoms with E-state index in [0.29, 0.717) is 26.0 Å². The van der Waals surface area contributed by atoms with Gasteiger partial charge in [-0.1, -0.05) is 46.3 Å². The van der Waals surface area contributed by atoms with Crippen molar-refractivity contribution in [3.05, 3.63) is 46.4 Å². The normalized spacial score (nSPS) is 15.0. The van der Waals surface area contributed by atoms with Crippen molar-refractivity contribution in [2.75, 3.05) is 20.3 Å². The molecule has 2 N–H and O–H groups in total. The number of hydrogen-bond donors (Lipinski definition) is 2. The Morgan fingerprint density at radius 3 is 2.56 bits per heavy atom. The number of benzene rings is 2. The molecule has 2 aromatic carbocycles. The van der Waals surface area contributed by atoms with Gasteiger partial charge in [0.15, 0.2) is 0 Å². The molecule has 3 rings (SSSR count). The number of fused-ring (bicyclic) bond motifs is 1. The number of methoxy groups -OCH3 is 1. The first kappa shape index (κ1) is 17.9. The molecule has 0 aliphatic heterocycles. The maximum atomic E-state index is 12.5. The van der Waals surface area contributed by atoms with Gasteiger partial charge < -0.3 is 15.4 Å². The molecule has 0 atom stereocenters. The largest absolute Gasteiger partial charge is 0.383 e. The maximum absolute atomic E-state index is 12.5. The summed E-state index contributed by atoms with van der Waals surface area (Å²) >= 11 is 3.54. The number of hydrogen-bond acceptors (Lipinski definition) is 3. The van der Waals surface area contributed by atoms with Crippen molar-refractivity contribution in [2.45, 2.75) is 24.8 Å².